The fraction of sp³-hybridized carbons (Fsp3) is 0. The third-order valence-corrected chi connectivity index (χ3v) is 2.54. The van der Waals surface area contributed by atoms with Crippen molar-refractivity contribution in [3.63, 3.8) is 0 Å². The Kier molecular flexibility index (Phi) is 2.58. The predicted octanol–water partition coefficient (Wildman–Crippen LogP) is 3.71. The third kappa shape index (κ3) is 1.82. The van der Waals surface area contributed by atoms with Gasteiger partial charge < -0.3 is 4.52 Å². The van der Waals surface area contributed by atoms with Crippen LogP contribution in [0.3, 0.4) is 0 Å². The monoisotopic (exact) mass is 246 g/mol. The highest BCUT2D eigenvalue weighted by molar-refractivity contribution is 7.71. The van der Waals surface area contributed by atoms with E-state index in [9.17, 15) is 0 Å². The van der Waals surface area contributed by atoms with Gasteiger partial charge in [-0.2, -0.15) is 4.98 Å². The molecule has 0 unspecified atom stereocenters. The lowest BCUT2D eigenvalue weighted by molar-refractivity contribution is 0.406. The van der Waals surface area contributed by atoms with Gasteiger partial charge in [-0.3, -0.25) is 0 Å². The van der Waals surface area contributed by atoms with Crippen molar-refractivity contribution in [3.05, 3.63) is 33.1 Å². The Morgan fingerprint density at radius 3 is 2.64 bits per heavy atom. The SMILES string of the molecule is S=c1nc(-c2ccc(Cl)c(Cl)c2)[nH]o1. The van der Waals surface area contributed by atoms with E-state index in [1.54, 1.807) is 18.2 Å². The van der Waals surface area contributed by atoms with Crippen LogP contribution in [-0.2, 0) is 0 Å². The van der Waals surface area contributed by atoms with E-state index < -0.39 is 0 Å². The van der Waals surface area contributed by atoms with E-state index >= 15 is 0 Å². The summed E-state index contributed by atoms with van der Waals surface area (Å²) in [6, 6.07) is 5.15. The molecule has 2 rings (SSSR count). The van der Waals surface area contributed by atoms with Gasteiger partial charge in [0.05, 0.1) is 10.0 Å². The fourth-order valence-electron chi connectivity index (χ4n) is 0.996. The van der Waals surface area contributed by atoms with E-state index in [1.165, 1.54) is 0 Å². The summed E-state index contributed by atoms with van der Waals surface area (Å²) in [7, 11) is 0. The van der Waals surface area contributed by atoms with E-state index in [-0.39, 0.29) is 4.84 Å². The Hall–Kier alpha value is -0.840. The standard InChI is InChI=1S/C8H4Cl2N2OS/c9-5-2-1-4(3-6(5)10)7-11-8(14)13-12-7/h1-3H,(H,11,12,14). The summed E-state index contributed by atoms with van der Waals surface area (Å²) < 4.78 is 4.79. The second-order valence-corrected chi connectivity index (χ2v) is 3.72. The minimum atomic E-state index is 0.158. The predicted molar refractivity (Wildman–Crippen MR) is 57.1 cm³/mol. The van der Waals surface area contributed by atoms with Crippen molar-refractivity contribution < 1.29 is 4.52 Å². The van der Waals surface area contributed by atoms with Crippen molar-refractivity contribution in [2.45, 2.75) is 0 Å². The topological polar surface area (TPSA) is 41.8 Å². The highest BCUT2D eigenvalue weighted by Gasteiger charge is 2.04. The number of nitrogens with zero attached hydrogens (tertiary/aromatic N) is 1. The van der Waals surface area contributed by atoms with Gasteiger partial charge in [0.25, 0.3) is 0 Å². The summed E-state index contributed by atoms with van der Waals surface area (Å²) in [6.45, 7) is 0. The molecule has 0 fully saturated rings. The summed E-state index contributed by atoms with van der Waals surface area (Å²) in [4.78, 5) is 4.10. The van der Waals surface area contributed by atoms with Crippen LogP contribution in [0.15, 0.2) is 22.7 Å². The molecule has 72 valence electrons. The molecule has 6 heteroatoms. The van der Waals surface area contributed by atoms with Gasteiger partial charge in [-0.25, -0.2) is 5.16 Å². The number of halogens is 2. The van der Waals surface area contributed by atoms with Crippen molar-refractivity contribution >= 4 is 35.4 Å². The molecule has 1 N–H and O–H groups in total. The maximum Gasteiger partial charge on any atom is 0.314 e. The number of aromatic nitrogens is 2. The van der Waals surface area contributed by atoms with Gasteiger partial charge in [-0.1, -0.05) is 23.2 Å². The largest absolute Gasteiger partial charge is 0.348 e. The molecule has 2 aromatic rings. The molecule has 1 aromatic heterocycles. The maximum absolute atomic E-state index is 5.84. The van der Waals surface area contributed by atoms with Crippen molar-refractivity contribution in [1.29, 1.82) is 0 Å². The van der Waals surface area contributed by atoms with Crippen LogP contribution in [-0.4, -0.2) is 10.1 Å². The Morgan fingerprint density at radius 1 is 1.29 bits per heavy atom. The number of hydrogen-bond acceptors (Lipinski definition) is 3. The molecule has 14 heavy (non-hydrogen) atoms. The van der Waals surface area contributed by atoms with E-state index in [0.29, 0.717) is 15.9 Å². The van der Waals surface area contributed by atoms with Crippen molar-refractivity contribution in [3.8, 4) is 11.4 Å². The zero-order valence-electron chi connectivity index (χ0n) is 6.75. The Bertz CT molecular complexity index is 520. The molecule has 0 aliphatic heterocycles. The quantitative estimate of drug-likeness (QED) is 0.781. The molecule has 0 aliphatic carbocycles. The van der Waals surface area contributed by atoms with Gasteiger partial charge in [0.1, 0.15) is 0 Å². The summed E-state index contributed by atoms with van der Waals surface area (Å²) in [5, 5.41) is 3.54. The van der Waals surface area contributed by atoms with Crippen LogP contribution in [0.2, 0.25) is 10.0 Å². The second-order valence-electron chi connectivity index (χ2n) is 2.56. The normalized spacial score (nSPS) is 10.4. The average Bonchev–Trinajstić information content (AvgIpc) is 2.57. The lowest BCUT2D eigenvalue weighted by Crippen LogP contribution is -1.80. The first-order valence-electron chi connectivity index (χ1n) is 3.68. The van der Waals surface area contributed by atoms with E-state index in [0.717, 1.165) is 5.56 Å². The molecule has 0 spiro atoms. The molecular formula is C8H4Cl2N2OS. The lowest BCUT2D eigenvalue weighted by Gasteiger charge is -1.97. The minimum absolute atomic E-state index is 0.158. The molecule has 1 aromatic carbocycles. The van der Waals surface area contributed by atoms with Crippen molar-refractivity contribution in [1.82, 2.24) is 10.1 Å². The Morgan fingerprint density at radius 2 is 2.07 bits per heavy atom. The highest BCUT2D eigenvalue weighted by atomic mass is 35.5. The first-order valence-corrected chi connectivity index (χ1v) is 4.84. The number of benzene rings is 1. The third-order valence-electron chi connectivity index (χ3n) is 1.63. The number of aromatic amines is 1. The van der Waals surface area contributed by atoms with Crippen LogP contribution in [0.1, 0.15) is 0 Å². The zero-order valence-corrected chi connectivity index (χ0v) is 9.08. The molecule has 0 aliphatic rings. The summed E-state index contributed by atoms with van der Waals surface area (Å²) >= 11 is 16.3. The van der Waals surface area contributed by atoms with Crippen LogP contribution >= 0.6 is 35.4 Å². The van der Waals surface area contributed by atoms with Gasteiger partial charge in [0.15, 0.2) is 5.82 Å². The molecule has 0 saturated carbocycles. The number of H-pyrrole nitrogens is 1. The number of hydrogen-bond donors (Lipinski definition) is 1. The fourth-order valence-corrected chi connectivity index (χ4v) is 1.43. The van der Waals surface area contributed by atoms with Gasteiger partial charge in [0, 0.05) is 5.56 Å². The molecule has 0 saturated heterocycles. The van der Waals surface area contributed by atoms with E-state index in [2.05, 4.69) is 10.1 Å². The summed E-state index contributed by atoms with van der Waals surface area (Å²) in [5.41, 5.74) is 0.777. The van der Waals surface area contributed by atoms with Crippen LogP contribution in [0, 0.1) is 4.84 Å². The molecule has 1 heterocycles. The van der Waals surface area contributed by atoms with Crippen LogP contribution in [0.5, 0.6) is 0 Å². The zero-order chi connectivity index (χ0) is 10.1. The average molecular weight is 247 g/mol. The highest BCUT2D eigenvalue weighted by Crippen LogP contribution is 2.26. The van der Waals surface area contributed by atoms with Gasteiger partial charge in [-0.15, -0.1) is 0 Å². The summed E-state index contributed by atoms with van der Waals surface area (Å²) in [6.07, 6.45) is 0. The minimum Gasteiger partial charge on any atom is -0.348 e. The van der Waals surface area contributed by atoms with E-state index in [4.69, 9.17) is 39.9 Å². The van der Waals surface area contributed by atoms with Gasteiger partial charge in [-0.05, 0) is 30.4 Å². The summed E-state index contributed by atoms with van der Waals surface area (Å²) in [5.74, 6) is 0.536. The van der Waals surface area contributed by atoms with Crippen LogP contribution < -0.4 is 0 Å². The smallest absolute Gasteiger partial charge is 0.314 e. The lowest BCUT2D eigenvalue weighted by atomic mass is 10.2. The molecule has 0 amide bonds. The molecule has 0 atom stereocenters. The molecular weight excluding hydrogens is 243 g/mol. The molecule has 3 nitrogen and oxygen atoms in total. The Labute approximate surface area is 94.6 Å². The number of rotatable bonds is 1. The van der Waals surface area contributed by atoms with Crippen LogP contribution in [0.25, 0.3) is 11.4 Å². The maximum atomic E-state index is 5.84. The van der Waals surface area contributed by atoms with Crippen molar-refractivity contribution in [2.24, 2.45) is 0 Å². The molecule has 0 radical (unpaired) electrons. The van der Waals surface area contributed by atoms with Gasteiger partial charge >= 0.3 is 4.84 Å². The first-order chi connectivity index (χ1) is 6.66. The first kappa shape index (κ1) is 9.71. The Balaban J connectivity index is 2.52. The number of nitrogens with one attached hydrogen (secondary N) is 1. The van der Waals surface area contributed by atoms with Gasteiger partial charge in [0.2, 0.25) is 0 Å². The second kappa shape index (κ2) is 3.73. The van der Waals surface area contributed by atoms with Crippen LogP contribution in [0.4, 0.5) is 0 Å². The molecule has 0 bridgehead atoms. The van der Waals surface area contributed by atoms with E-state index in [1.807, 2.05) is 0 Å². The van der Waals surface area contributed by atoms with Crippen molar-refractivity contribution in [2.75, 3.05) is 0 Å².